The molecule has 1 aliphatic rings. The Balaban J connectivity index is 0.00000113. The van der Waals surface area contributed by atoms with E-state index in [2.05, 4.69) is 4.98 Å². The number of aliphatic hydroxyl groups excluding tert-OH is 1. The molecule has 0 spiro atoms. The number of carbonyl (C=O) groups is 1. The summed E-state index contributed by atoms with van der Waals surface area (Å²) < 4.78 is 39.3. The number of carbonyl (C=O) groups excluding carboxylic acids is 1. The average molecular weight is 439 g/mol. The molecule has 0 saturated heterocycles. The maximum Gasteiger partial charge on any atom is 0.416 e. The van der Waals surface area contributed by atoms with E-state index in [0.717, 1.165) is 12.1 Å². The Hall–Kier alpha value is -2.41. The molecule has 2 aromatic rings. The van der Waals surface area contributed by atoms with Crippen molar-refractivity contribution >= 4 is 11.7 Å². The molecule has 172 valence electrons. The van der Waals surface area contributed by atoms with Crippen molar-refractivity contribution in [2.24, 2.45) is 0 Å². The minimum Gasteiger partial charge on any atom is -0.392 e. The minimum absolute atomic E-state index is 0.0733. The van der Waals surface area contributed by atoms with Crippen LogP contribution in [0.15, 0.2) is 36.5 Å². The van der Waals surface area contributed by atoms with Crippen LogP contribution in [0.2, 0.25) is 0 Å². The highest BCUT2D eigenvalue weighted by Crippen LogP contribution is 2.42. The summed E-state index contributed by atoms with van der Waals surface area (Å²) in [6.45, 7) is 13.3. The largest absolute Gasteiger partial charge is 0.416 e. The lowest BCUT2D eigenvalue weighted by Crippen LogP contribution is -2.45. The molecule has 1 unspecified atom stereocenters. The van der Waals surface area contributed by atoms with Gasteiger partial charge in [-0.2, -0.15) is 13.2 Å². The SMILES string of the molecule is CC.CC.CC(C)(C)N1C(=O)C(Cc2cc(C(F)(F)F)ccc2CO)c2cccnc21. The highest BCUT2D eigenvalue weighted by atomic mass is 19.4. The summed E-state index contributed by atoms with van der Waals surface area (Å²) in [7, 11) is 0. The van der Waals surface area contributed by atoms with Crippen molar-refractivity contribution in [1.82, 2.24) is 4.98 Å². The molecule has 31 heavy (non-hydrogen) atoms. The van der Waals surface area contributed by atoms with Gasteiger partial charge in [0.1, 0.15) is 5.82 Å². The van der Waals surface area contributed by atoms with Crippen molar-refractivity contribution in [3.8, 4) is 0 Å². The van der Waals surface area contributed by atoms with Crippen LogP contribution in [0, 0.1) is 0 Å². The van der Waals surface area contributed by atoms with E-state index in [9.17, 15) is 23.1 Å². The predicted octanol–water partition coefficient (Wildman–Crippen LogP) is 6.12. The van der Waals surface area contributed by atoms with Crippen molar-refractivity contribution in [1.29, 1.82) is 0 Å². The predicted molar refractivity (Wildman–Crippen MR) is 118 cm³/mol. The third-order valence-corrected chi connectivity index (χ3v) is 4.72. The van der Waals surface area contributed by atoms with Crippen LogP contribution in [-0.2, 0) is 24.0 Å². The van der Waals surface area contributed by atoms with E-state index < -0.39 is 29.8 Å². The molecule has 1 amide bonds. The Labute approximate surface area is 183 Å². The number of pyridine rings is 1. The van der Waals surface area contributed by atoms with Gasteiger partial charge in [0.05, 0.1) is 18.1 Å². The maximum absolute atomic E-state index is 13.1. The fraction of sp³-hybridized carbons (Fsp3) is 0.500. The van der Waals surface area contributed by atoms with Crippen LogP contribution in [0.1, 0.15) is 76.6 Å². The summed E-state index contributed by atoms with van der Waals surface area (Å²) in [5.41, 5.74) is 0.0902. The van der Waals surface area contributed by atoms with Gasteiger partial charge in [0.2, 0.25) is 5.91 Å². The van der Waals surface area contributed by atoms with Crippen molar-refractivity contribution in [3.63, 3.8) is 0 Å². The van der Waals surface area contributed by atoms with E-state index in [-0.39, 0.29) is 12.3 Å². The Kier molecular flexibility index (Phi) is 9.24. The molecule has 0 aliphatic carbocycles. The highest BCUT2D eigenvalue weighted by Gasteiger charge is 2.43. The van der Waals surface area contributed by atoms with Crippen molar-refractivity contribution < 1.29 is 23.1 Å². The van der Waals surface area contributed by atoms with Crippen LogP contribution < -0.4 is 4.90 Å². The number of halogens is 3. The summed E-state index contributed by atoms with van der Waals surface area (Å²) in [6.07, 6.45) is -2.82. The van der Waals surface area contributed by atoms with Crippen molar-refractivity contribution in [2.45, 2.75) is 79.1 Å². The Morgan fingerprint density at radius 3 is 2.16 bits per heavy atom. The van der Waals surface area contributed by atoms with E-state index in [1.807, 2.05) is 48.5 Å². The van der Waals surface area contributed by atoms with Gasteiger partial charge in [0.25, 0.3) is 0 Å². The van der Waals surface area contributed by atoms with Gasteiger partial charge >= 0.3 is 6.18 Å². The van der Waals surface area contributed by atoms with Crippen LogP contribution >= 0.6 is 0 Å². The van der Waals surface area contributed by atoms with Crippen LogP contribution in [0.3, 0.4) is 0 Å². The smallest absolute Gasteiger partial charge is 0.392 e. The first-order chi connectivity index (χ1) is 14.5. The van der Waals surface area contributed by atoms with Crippen molar-refractivity contribution in [2.75, 3.05) is 4.90 Å². The Bertz CT molecular complexity index is 874. The van der Waals surface area contributed by atoms with Crippen LogP contribution in [-0.4, -0.2) is 21.5 Å². The molecule has 4 nitrogen and oxygen atoms in total. The lowest BCUT2D eigenvalue weighted by Gasteiger charge is -2.32. The number of alkyl halides is 3. The van der Waals surface area contributed by atoms with Gasteiger partial charge in [-0.1, -0.05) is 39.8 Å². The van der Waals surface area contributed by atoms with Crippen LogP contribution in [0.5, 0.6) is 0 Å². The standard InChI is InChI=1S/C20H21F3N2O2.2C2H6/c1-19(2,3)25-17-15(5-4-8-24-17)16(18(25)27)10-13-9-14(20(21,22)23)7-6-12(13)11-26;2*1-2/h4-9,16,26H,10-11H2,1-3H3;2*1-2H3. The number of aliphatic hydroxyl groups is 1. The number of nitrogens with zero attached hydrogens (tertiary/aromatic N) is 2. The van der Waals surface area contributed by atoms with Gasteiger partial charge in [-0.3, -0.25) is 9.69 Å². The zero-order valence-electron chi connectivity index (χ0n) is 19.3. The number of amides is 1. The van der Waals surface area contributed by atoms with Gasteiger partial charge in [-0.25, -0.2) is 4.98 Å². The summed E-state index contributed by atoms with van der Waals surface area (Å²) >= 11 is 0. The fourth-order valence-corrected chi connectivity index (χ4v) is 3.47. The third kappa shape index (κ3) is 5.85. The first-order valence-electron chi connectivity index (χ1n) is 10.6. The van der Waals surface area contributed by atoms with E-state index in [0.29, 0.717) is 22.5 Å². The lowest BCUT2D eigenvalue weighted by molar-refractivity contribution is -0.137. The zero-order chi connectivity index (χ0) is 24.0. The average Bonchev–Trinajstić information content (AvgIpc) is 3.02. The van der Waals surface area contributed by atoms with Gasteiger partial charge in [0, 0.05) is 17.3 Å². The lowest BCUT2D eigenvalue weighted by atomic mass is 9.90. The molecular weight excluding hydrogens is 405 g/mol. The van der Waals surface area contributed by atoms with E-state index in [1.165, 1.54) is 6.07 Å². The fourth-order valence-electron chi connectivity index (χ4n) is 3.47. The molecule has 1 aromatic carbocycles. The number of hydrogen-bond donors (Lipinski definition) is 1. The summed E-state index contributed by atoms with van der Waals surface area (Å²) in [5, 5.41) is 9.54. The Morgan fingerprint density at radius 2 is 1.65 bits per heavy atom. The number of benzene rings is 1. The van der Waals surface area contributed by atoms with E-state index >= 15 is 0 Å². The number of hydrogen-bond acceptors (Lipinski definition) is 3. The monoisotopic (exact) mass is 438 g/mol. The highest BCUT2D eigenvalue weighted by molar-refractivity contribution is 6.05. The van der Waals surface area contributed by atoms with Crippen LogP contribution in [0.25, 0.3) is 0 Å². The molecule has 1 aliphatic heterocycles. The quantitative estimate of drug-likeness (QED) is 0.628. The second kappa shape index (κ2) is 10.8. The number of fused-ring (bicyclic) bond motifs is 1. The van der Waals surface area contributed by atoms with Gasteiger partial charge < -0.3 is 5.11 Å². The van der Waals surface area contributed by atoms with Gasteiger partial charge in [0.15, 0.2) is 0 Å². The molecule has 0 radical (unpaired) electrons. The van der Waals surface area contributed by atoms with E-state index in [4.69, 9.17) is 0 Å². The summed E-state index contributed by atoms with van der Waals surface area (Å²) in [6, 6.07) is 6.73. The van der Waals surface area contributed by atoms with Crippen molar-refractivity contribution in [3.05, 3.63) is 58.8 Å². The molecule has 7 heteroatoms. The normalized spacial score (nSPS) is 15.5. The molecule has 0 bridgehead atoms. The molecule has 1 atom stereocenters. The molecule has 3 rings (SSSR count). The molecule has 2 heterocycles. The zero-order valence-corrected chi connectivity index (χ0v) is 19.3. The van der Waals surface area contributed by atoms with Crippen LogP contribution in [0.4, 0.5) is 19.0 Å². The maximum atomic E-state index is 13.1. The first kappa shape index (κ1) is 26.6. The second-order valence-electron chi connectivity index (χ2n) is 7.66. The second-order valence-corrected chi connectivity index (χ2v) is 7.66. The molecule has 1 N–H and O–H groups in total. The van der Waals surface area contributed by atoms with Gasteiger partial charge in [-0.15, -0.1) is 0 Å². The summed E-state index contributed by atoms with van der Waals surface area (Å²) in [5.74, 6) is -0.295. The Morgan fingerprint density at radius 1 is 1.03 bits per heavy atom. The van der Waals surface area contributed by atoms with Gasteiger partial charge in [-0.05, 0) is 56.5 Å². The molecular formula is C24H33F3N2O2. The number of anilines is 1. The number of rotatable bonds is 3. The molecule has 0 fully saturated rings. The first-order valence-corrected chi connectivity index (χ1v) is 10.6. The topological polar surface area (TPSA) is 53.4 Å². The number of aromatic nitrogens is 1. The van der Waals surface area contributed by atoms with E-state index in [1.54, 1.807) is 23.2 Å². The minimum atomic E-state index is -4.49. The summed E-state index contributed by atoms with van der Waals surface area (Å²) in [4.78, 5) is 19.0. The molecule has 0 saturated carbocycles. The third-order valence-electron chi connectivity index (χ3n) is 4.72. The molecule has 1 aromatic heterocycles.